The van der Waals surface area contributed by atoms with Gasteiger partial charge in [-0.3, -0.25) is 0 Å². The van der Waals surface area contributed by atoms with Crippen molar-refractivity contribution >= 4 is 0 Å². The molecule has 0 unspecified atom stereocenters. The molecular formula is C14H31NO. The van der Waals surface area contributed by atoms with Crippen molar-refractivity contribution in [3.63, 3.8) is 0 Å². The summed E-state index contributed by atoms with van der Waals surface area (Å²) in [6.45, 7) is 14.3. The fourth-order valence-corrected chi connectivity index (χ4v) is 2.16. The molecule has 1 rings (SSSR count). The van der Waals surface area contributed by atoms with Crippen LogP contribution in [0.15, 0.2) is 0 Å². The topological polar surface area (TPSA) is 12.5 Å². The van der Waals surface area contributed by atoms with Crippen LogP contribution >= 0.6 is 0 Å². The predicted molar refractivity (Wildman–Crippen MR) is 71.9 cm³/mol. The lowest BCUT2D eigenvalue weighted by Crippen LogP contribution is -2.37. The molecule has 0 aromatic carbocycles. The summed E-state index contributed by atoms with van der Waals surface area (Å²) in [5.74, 6) is 0. The molecule has 1 saturated heterocycles. The van der Waals surface area contributed by atoms with Crippen LogP contribution in [0.2, 0.25) is 0 Å². The van der Waals surface area contributed by atoms with Crippen molar-refractivity contribution in [1.29, 1.82) is 0 Å². The predicted octanol–water partition coefficient (Wildman–Crippen LogP) is 3.70. The van der Waals surface area contributed by atoms with Crippen LogP contribution in [0.1, 0.15) is 60.3 Å². The van der Waals surface area contributed by atoms with Gasteiger partial charge in [0.05, 0.1) is 12.2 Å². The number of hydrogen-bond donors (Lipinski definition) is 0. The van der Waals surface area contributed by atoms with Gasteiger partial charge in [0.25, 0.3) is 0 Å². The highest BCUT2D eigenvalue weighted by Gasteiger charge is 2.19. The van der Waals surface area contributed by atoms with Gasteiger partial charge in [-0.25, -0.2) is 0 Å². The third kappa shape index (κ3) is 6.49. The number of likely N-dealkylation sites (tertiary alicyclic amines) is 1. The molecular weight excluding hydrogens is 198 g/mol. The number of ether oxygens (including phenoxy) is 1. The Hall–Kier alpha value is -0.0800. The molecule has 0 N–H and O–H groups in total. The van der Waals surface area contributed by atoms with Crippen molar-refractivity contribution in [2.24, 2.45) is 0 Å². The molecule has 1 fully saturated rings. The minimum absolute atomic E-state index is 0.457. The van der Waals surface area contributed by atoms with Crippen molar-refractivity contribution in [1.82, 2.24) is 4.90 Å². The quantitative estimate of drug-likeness (QED) is 0.712. The van der Waals surface area contributed by atoms with E-state index in [4.69, 9.17) is 4.74 Å². The Balaban J connectivity index is 0.00000106. The molecule has 0 amide bonds. The standard InChI is InChI=1S/C12H25NO.C2H6/c1-4-6-11(3)14-12-7-9-13(5-2)10-8-12;1-2/h11-12H,4-10H2,1-3H3;1-2H3/t11-;/m1./s1. The SMILES string of the molecule is CC.CCC[C@@H](C)OC1CCN(CC)CC1. The van der Waals surface area contributed by atoms with Crippen molar-refractivity contribution in [3.8, 4) is 0 Å². The monoisotopic (exact) mass is 229 g/mol. The molecule has 0 aromatic heterocycles. The van der Waals surface area contributed by atoms with Crippen LogP contribution in [0.3, 0.4) is 0 Å². The highest BCUT2D eigenvalue weighted by molar-refractivity contribution is 4.72. The highest BCUT2D eigenvalue weighted by Crippen LogP contribution is 2.16. The van der Waals surface area contributed by atoms with Crippen molar-refractivity contribution in [3.05, 3.63) is 0 Å². The van der Waals surface area contributed by atoms with Crippen LogP contribution in [0.5, 0.6) is 0 Å². The van der Waals surface area contributed by atoms with Crippen LogP contribution in [0, 0.1) is 0 Å². The van der Waals surface area contributed by atoms with Crippen LogP contribution in [0.4, 0.5) is 0 Å². The Labute approximate surface area is 102 Å². The van der Waals surface area contributed by atoms with Crippen molar-refractivity contribution in [2.75, 3.05) is 19.6 Å². The van der Waals surface area contributed by atoms with Gasteiger partial charge >= 0.3 is 0 Å². The summed E-state index contributed by atoms with van der Waals surface area (Å²) in [5.41, 5.74) is 0. The van der Waals surface area contributed by atoms with Crippen LogP contribution in [-0.4, -0.2) is 36.7 Å². The average Bonchev–Trinajstić information content (AvgIpc) is 2.33. The maximum Gasteiger partial charge on any atom is 0.0603 e. The lowest BCUT2D eigenvalue weighted by Gasteiger charge is -2.32. The number of hydrogen-bond acceptors (Lipinski definition) is 2. The first-order valence-corrected chi connectivity index (χ1v) is 7.14. The number of piperidine rings is 1. The fraction of sp³-hybridized carbons (Fsp3) is 1.00. The van der Waals surface area contributed by atoms with Crippen LogP contribution in [-0.2, 0) is 4.74 Å². The molecule has 1 aliphatic heterocycles. The summed E-state index contributed by atoms with van der Waals surface area (Å²) in [5, 5.41) is 0. The third-order valence-corrected chi connectivity index (χ3v) is 3.10. The van der Waals surface area contributed by atoms with E-state index in [2.05, 4.69) is 25.7 Å². The van der Waals surface area contributed by atoms with Crippen LogP contribution < -0.4 is 0 Å². The summed E-state index contributed by atoms with van der Waals surface area (Å²) >= 11 is 0. The zero-order chi connectivity index (χ0) is 12.4. The van der Waals surface area contributed by atoms with E-state index in [1.165, 1.54) is 45.3 Å². The second-order valence-electron chi connectivity index (χ2n) is 4.37. The Kier molecular flexibility index (Phi) is 10.0. The van der Waals surface area contributed by atoms with Gasteiger partial charge in [-0.05, 0) is 32.7 Å². The Morgan fingerprint density at radius 1 is 1.19 bits per heavy atom. The van der Waals surface area contributed by atoms with E-state index >= 15 is 0 Å². The Bertz CT molecular complexity index is 142. The molecule has 0 radical (unpaired) electrons. The van der Waals surface area contributed by atoms with E-state index in [-0.39, 0.29) is 0 Å². The molecule has 2 heteroatoms. The summed E-state index contributed by atoms with van der Waals surface area (Å²) in [7, 11) is 0. The number of rotatable bonds is 5. The maximum atomic E-state index is 6.00. The minimum atomic E-state index is 0.457. The van der Waals surface area contributed by atoms with E-state index in [9.17, 15) is 0 Å². The molecule has 98 valence electrons. The first-order valence-electron chi connectivity index (χ1n) is 7.14. The fourth-order valence-electron chi connectivity index (χ4n) is 2.16. The largest absolute Gasteiger partial charge is 0.375 e. The summed E-state index contributed by atoms with van der Waals surface area (Å²) < 4.78 is 6.00. The van der Waals surface area contributed by atoms with E-state index in [1.807, 2.05) is 13.8 Å². The first kappa shape index (κ1) is 15.9. The van der Waals surface area contributed by atoms with Crippen molar-refractivity contribution < 1.29 is 4.74 Å². The molecule has 1 atom stereocenters. The Morgan fingerprint density at radius 2 is 1.75 bits per heavy atom. The normalized spacial score (nSPS) is 20.1. The van der Waals surface area contributed by atoms with E-state index in [0.29, 0.717) is 12.2 Å². The lowest BCUT2D eigenvalue weighted by atomic mass is 10.1. The summed E-state index contributed by atoms with van der Waals surface area (Å²) in [4.78, 5) is 2.50. The van der Waals surface area contributed by atoms with Gasteiger partial charge in [-0.2, -0.15) is 0 Å². The molecule has 2 nitrogen and oxygen atoms in total. The molecule has 0 spiro atoms. The smallest absolute Gasteiger partial charge is 0.0603 e. The van der Waals surface area contributed by atoms with Gasteiger partial charge in [0.1, 0.15) is 0 Å². The molecule has 16 heavy (non-hydrogen) atoms. The lowest BCUT2D eigenvalue weighted by molar-refractivity contribution is -0.0369. The van der Waals surface area contributed by atoms with E-state index in [0.717, 1.165) is 0 Å². The minimum Gasteiger partial charge on any atom is -0.375 e. The molecule has 0 bridgehead atoms. The van der Waals surface area contributed by atoms with Crippen LogP contribution in [0.25, 0.3) is 0 Å². The maximum absolute atomic E-state index is 6.00. The molecule has 0 aliphatic carbocycles. The summed E-state index contributed by atoms with van der Waals surface area (Å²) in [6, 6.07) is 0. The van der Waals surface area contributed by atoms with Gasteiger partial charge in [0.15, 0.2) is 0 Å². The van der Waals surface area contributed by atoms with Gasteiger partial charge in [-0.15, -0.1) is 0 Å². The first-order chi connectivity index (χ1) is 7.76. The number of nitrogens with zero attached hydrogens (tertiary/aromatic N) is 1. The van der Waals surface area contributed by atoms with Gasteiger partial charge in [0, 0.05) is 13.1 Å². The van der Waals surface area contributed by atoms with Gasteiger partial charge < -0.3 is 9.64 Å². The second-order valence-corrected chi connectivity index (χ2v) is 4.37. The van der Waals surface area contributed by atoms with Gasteiger partial charge in [0.2, 0.25) is 0 Å². The zero-order valence-electron chi connectivity index (χ0n) is 12.0. The third-order valence-electron chi connectivity index (χ3n) is 3.10. The second kappa shape index (κ2) is 10.1. The molecule has 0 saturated carbocycles. The molecule has 1 aliphatic rings. The highest BCUT2D eigenvalue weighted by atomic mass is 16.5. The van der Waals surface area contributed by atoms with Crippen molar-refractivity contribution in [2.45, 2.75) is 72.5 Å². The van der Waals surface area contributed by atoms with Gasteiger partial charge in [-0.1, -0.05) is 34.1 Å². The van der Waals surface area contributed by atoms with E-state index < -0.39 is 0 Å². The Morgan fingerprint density at radius 3 is 2.19 bits per heavy atom. The zero-order valence-corrected chi connectivity index (χ0v) is 12.0. The van der Waals surface area contributed by atoms with E-state index in [1.54, 1.807) is 0 Å². The summed E-state index contributed by atoms with van der Waals surface area (Å²) in [6.07, 6.45) is 5.87. The molecule has 0 aromatic rings. The molecule has 1 heterocycles. The average molecular weight is 229 g/mol.